The predicted octanol–water partition coefficient (Wildman–Crippen LogP) is 0.231. The zero-order valence-corrected chi connectivity index (χ0v) is 6.61. The first-order chi connectivity index (χ1) is 5.24. The molecule has 0 spiro atoms. The average molecular weight is 175 g/mol. The number of ether oxygens (including phenoxy) is 1. The second kappa shape index (κ2) is 3.30. The van der Waals surface area contributed by atoms with Crippen LogP contribution in [0.25, 0.3) is 0 Å². The number of hydrogen-bond donors (Lipinski definition) is 2. The number of hydrogen-bond acceptors (Lipinski definition) is 4. The molecule has 0 aromatic rings. The van der Waals surface area contributed by atoms with Crippen molar-refractivity contribution in [1.29, 1.82) is 0 Å². The number of hydrazine groups is 1. The van der Waals surface area contributed by atoms with Crippen molar-refractivity contribution in [2.45, 2.75) is 0 Å². The Labute approximate surface area is 68.8 Å². The van der Waals surface area contributed by atoms with E-state index in [4.69, 9.17) is 11.6 Å². The summed E-state index contributed by atoms with van der Waals surface area (Å²) in [6, 6.07) is 0. The fraction of sp³-hybridized carbons (Fsp3) is 0.167. The molecule has 0 saturated heterocycles. The molecule has 5 heteroatoms. The third kappa shape index (κ3) is 1.88. The van der Waals surface area contributed by atoms with Crippen molar-refractivity contribution in [3.63, 3.8) is 0 Å². The van der Waals surface area contributed by atoms with Crippen LogP contribution in [-0.4, -0.2) is 13.1 Å². The van der Waals surface area contributed by atoms with Gasteiger partial charge in [0.2, 0.25) is 0 Å². The number of carbonyl (C=O) groups is 1. The van der Waals surface area contributed by atoms with Crippen LogP contribution in [0, 0.1) is 0 Å². The van der Waals surface area contributed by atoms with E-state index in [0.29, 0.717) is 10.7 Å². The summed E-state index contributed by atoms with van der Waals surface area (Å²) in [5, 5.41) is 0.355. The first-order valence-electron chi connectivity index (χ1n) is 2.91. The van der Waals surface area contributed by atoms with Crippen molar-refractivity contribution in [1.82, 2.24) is 10.9 Å². The van der Waals surface area contributed by atoms with Gasteiger partial charge in [-0.05, 0) is 6.08 Å². The Morgan fingerprint density at radius 1 is 1.73 bits per heavy atom. The van der Waals surface area contributed by atoms with Crippen LogP contribution in [0.3, 0.4) is 0 Å². The number of esters is 1. The summed E-state index contributed by atoms with van der Waals surface area (Å²) in [6.07, 6.45) is 2.95. The van der Waals surface area contributed by atoms with Crippen molar-refractivity contribution < 1.29 is 9.53 Å². The molecule has 0 atom stereocenters. The SMILES string of the molecule is COC(=O)C1=CNNC(Cl)=C1. The summed E-state index contributed by atoms with van der Waals surface area (Å²) in [7, 11) is 1.31. The molecule has 0 fully saturated rings. The molecule has 2 N–H and O–H groups in total. The Balaban J connectivity index is 2.73. The van der Waals surface area contributed by atoms with Gasteiger partial charge in [-0.2, -0.15) is 0 Å². The molecule has 0 unspecified atom stereocenters. The summed E-state index contributed by atoms with van der Waals surface area (Å²) in [5.41, 5.74) is 5.56. The number of methoxy groups -OCH3 is 1. The molecule has 0 aliphatic carbocycles. The summed E-state index contributed by atoms with van der Waals surface area (Å²) in [4.78, 5) is 10.9. The van der Waals surface area contributed by atoms with Crippen molar-refractivity contribution >= 4 is 17.6 Å². The second-order valence-electron chi connectivity index (χ2n) is 1.85. The number of rotatable bonds is 1. The predicted molar refractivity (Wildman–Crippen MR) is 40.3 cm³/mol. The van der Waals surface area contributed by atoms with E-state index in [-0.39, 0.29) is 0 Å². The Morgan fingerprint density at radius 2 is 2.45 bits per heavy atom. The van der Waals surface area contributed by atoms with Crippen LogP contribution < -0.4 is 10.9 Å². The van der Waals surface area contributed by atoms with Crippen LogP contribution >= 0.6 is 11.6 Å². The quantitative estimate of drug-likeness (QED) is 0.442. The Hall–Kier alpha value is -1.16. The largest absolute Gasteiger partial charge is 0.465 e. The van der Waals surface area contributed by atoms with Gasteiger partial charge < -0.3 is 10.2 Å². The highest BCUT2D eigenvalue weighted by molar-refractivity contribution is 6.29. The minimum absolute atomic E-state index is 0.355. The molecule has 0 aromatic carbocycles. The van der Waals surface area contributed by atoms with Gasteiger partial charge in [0, 0.05) is 6.20 Å². The molecule has 0 radical (unpaired) electrons. The number of nitrogens with one attached hydrogen (secondary N) is 2. The van der Waals surface area contributed by atoms with E-state index >= 15 is 0 Å². The van der Waals surface area contributed by atoms with Gasteiger partial charge in [-0.25, -0.2) is 4.79 Å². The molecule has 0 bridgehead atoms. The van der Waals surface area contributed by atoms with E-state index in [1.807, 2.05) is 0 Å². The highest BCUT2D eigenvalue weighted by Gasteiger charge is 2.10. The fourth-order valence-electron chi connectivity index (χ4n) is 0.633. The Bertz CT molecular complexity index is 235. The van der Waals surface area contributed by atoms with Gasteiger partial charge >= 0.3 is 5.97 Å². The Kier molecular flexibility index (Phi) is 2.38. The van der Waals surface area contributed by atoms with Gasteiger partial charge in [0.25, 0.3) is 0 Å². The highest BCUT2D eigenvalue weighted by atomic mass is 35.5. The summed E-state index contributed by atoms with van der Waals surface area (Å²) in [5.74, 6) is -0.419. The van der Waals surface area contributed by atoms with Crippen molar-refractivity contribution in [3.05, 3.63) is 23.0 Å². The van der Waals surface area contributed by atoms with Gasteiger partial charge in [0.15, 0.2) is 0 Å². The van der Waals surface area contributed by atoms with E-state index in [2.05, 4.69) is 15.6 Å². The van der Waals surface area contributed by atoms with Crippen molar-refractivity contribution in [2.24, 2.45) is 0 Å². The molecule has 1 aliphatic rings. The minimum atomic E-state index is -0.419. The van der Waals surface area contributed by atoms with Gasteiger partial charge in [0.05, 0.1) is 12.7 Å². The molecular weight excluding hydrogens is 168 g/mol. The van der Waals surface area contributed by atoms with Crippen molar-refractivity contribution in [3.8, 4) is 0 Å². The fourth-order valence-corrected chi connectivity index (χ4v) is 0.805. The molecule has 60 valence electrons. The van der Waals surface area contributed by atoms with Gasteiger partial charge in [0.1, 0.15) is 5.16 Å². The summed E-state index contributed by atoms with van der Waals surface area (Å²) < 4.78 is 4.46. The second-order valence-corrected chi connectivity index (χ2v) is 2.26. The molecule has 1 rings (SSSR count). The van der Waals surface area contributed by atoms with Gasteiger partial charge in [-0.1, -0.05) is 11.6 Å². The monoisotopic (exact) mass is 174 g/mol. The molecule has 0 aromatic heterocycles. The van der Waals surface area contributed by atoms with E-state index in [9.17, 15) is 4.79 Å². The van der Waals surface area contributed by atoms with E-state index < -0.39 is 5.97 Å². The molecular formula is C6H7ClN2O2. The zero-order valence-electron chi connectivity index (χ0n) is 5.85. The average Bonchev–Trinajstić information content (AvgIpc) is 2.03. The minimum Gasteiger partial charge on any atom is -0.465 e. The van der Waals surface area contributed by atoms with Crippen LogP contribution in [0.4, 0.5) is 0 Å². The lowest BCUT2D eigenvalue weighted by molar-refractivity contribution is -0.135. The highest BCUT2D eigenvalue weighted by Crippen LogP contribution is 2.07. The third-order valence-electron chi connectivity index (χ3n) is 1.12. The normalized spacial score (nSPS) is 15.5. The standard InChI is InChI=1S/C6H7ClN2O2/c1-11-6(10)4-2-5(7)9-8-3-4/h2-3,8-9H,1H3. The maximum absolute atomic E-state index is 10.9. The lowest BCUT2D eigenvalue weighted by atomic mass is 10.3. The van der Waals surface area contributed by atoms with Gasteiger partial charge in [-0.15, -0.1) is 0 Å². The maximum Gasteiger partial charge on any atom is 0.339 e. The molecule has 1 aliphatic heterocycles. The van der Waals surface area contributed by atoms with Gasteiger partial charge in [-0.3, -0.25) is 5.43 Å². The number of carbonyl (C=O) groups excluding carboxylic acids is 1. The lowest BCUT2D eigenvalue weighted by Gasteiger charge is -2.10. The lowest BCUT2D eigenvalue weighted by Crippen LogP contribution is -2.28. The zero-order chi connectivity index (χ0) is 8.27. The van der Waals surface area contributed by atoms with E-state index in [1.165, 1.54) is 19.4 Å². The smallest absolute Gasteiger partial charge is 0.339 e. The van der Waals surface area contributed by atoms with E-state index in [0.717, 1.165) is 0 Å². The number of halogens is 1. The van der Waals surface area contributed by atoms with Crippen LogP contribution in [0.15, 0.2) is 23.0 Å². The van der Waals surface area contributed by atoms with Crippen LogP contribution in [0.1, 0.15) is 0 Å². The topological polar surface area (TPSA) is 50.4 Å². The molecule has 4 nitrogen and oxygen atoms in total. The molecule has 11 heavy (non-hydrogen) atoms. The molecule has 0 amide bonds. The maximum atomic E-state index is 10.9. The Morgan fingerprint density at radius 3 is 3.00 bits per heavy atom. The first kappa shape index (κ1) is 7.94. The molecule has 1 heterocycles. The van der Waals surface area contributed by atoms with Crippen LogP contribution in [0.5, 0.6) is 0 Å². The third-order valence-corrected chi connectivity index (χ3v) is 1.33. The van der Waals surface area contributed by atoms with Crippen LogP contribution in [-0.2, 0) is 9.53 Å². The van der Waals surface area contributed by atoms with Crippen LogP contribution in [0.2, 0.25) is 0 Å². The summed E-state index contributed by atoms with van der Waals surface area (Å²) in [6.45, 7) is 0. The summed E-state index contributed by atoms with van der Waals surface area (Å²) >= 11 is 5.55. The first-order valence-corrected chi connectivity index (χ1v) is 3.29. The van der Waals surface area contributed by atoms with E-state index in [1.54, 1.807) is 0 Å². The molecule has 0 saturated carbocycles. The van der Waals surface area contributed by atoms with Crippen molar-refractivity contribution in [2.75, 3.05) is 7.11 Å².